The van der Waals surface area contributed by atoms with Crippen LogP contribution in [0.4, 0.5) is 10.9 Å². The lowest BCUT2D eigenvalue weighted by molar-refractivity contribution is 0.102. The number of fused-ring (bicyclic) bond motifs is 1. The number of hydrogen-bond donors (Lipinski definition) is 1. The third-order valence-corrected chi connectivity index (χ3v) is 5.91. The van der Waals surface area contributed by atoms with Crippen LogP contribution in [-0.2, 0) is 13.0 Å². The predicted octanol–water partition coefficient (Wildman–Crippen LogP) is 2.77. The summed E-state index contributed by atoms with van der Waals surface area (Å²) in [6.45, 7) is 7.14. The van der Waals surface area contributed by atoms with Crippen molar-refractivity contribution in [2.75, 3.05) is 36.4 Å². The van der Waals surface area contributed by atoms with Gasteiger partial charge in [0.2, 0.25) is 0 Å². The first-order valence-corrected chi connectivity index (χ1v) is 9.78. The van der Waals surface area contributed by atoms with Gasteiger partial charge >= 0.3 is 0 Å². The van der Waals surface area contributed by atoms with E-state index in [4.69, 9.17) is 0 Å². The normalized spacial score (nSPS) is 17.6. The lowest BCUT2D eigenvalue weighted by atomic mass is 10.2. The maximum atomic E-state index is 12.8. The molecule has 0 radical (unpaired) electrons. The van der Waals surface area contributed by atoms with E-state index >= 15 is 0 Å². The van der Waals surface area contributed by atoms with Gasteiger partial charge in [-0.1, -0.05) is 6.92 Å². The lowest BCUT2D eigenvalue weighted by Gasteiger charge is -2.23. The van der Waals surface area contributed by atoms with Gasteiger partial charge in [0.05, 0.1) is 11.3 Å². The summed E-state index contributed by atoms with van der Waals surface area (Å²) < 4.78 is 0. The van der Waals surface area contributed by atoms with E-state index in [0.717, 1.165) is 63.5 Å². The Kier molecular flexibility index (Phi) is 4.67. The lowest BCUT2D eigenvalue weighted by Crippen LogP contribution is -2.29. The van der Waals surface area contributed by atoms with Gasteiger partial charge in [-0.25, -0.2) is 9.97 Å². The van der Waals surface area contributed by atoms with Gasteiger partial charge in [0, 0.05) is 43.7 Å². The first kappa shape index (κ1) is 16.5. The van der Waals surface area contributed by atoms with Crippen LogP contribution in [0.15, 0.2) is 18.3 Å². The topological polar surface area (TPSA) is 61.4 Å². The van der Waals surface area contributed by atoms with Crippen LogP contribution >= 0.6 is 11.3 Å². The van der Waals surface area contributed by atoms with E-state index in [9.17, 15) is 4.79 Å². The van der Waals surface area contributed by atoms with Gasteiger partial charge in [-0.2, -0.15) is 0 Å². The van der Waals surface area contributed by atoms with Crippen molar-refractivity contribution in [2.45, 2.75) is 32.7 Å². The summed E-state index contributed by atoms with van der Waals surface area (Å²) in [6, 6.07) is 3.67. The van der Waals surface area contributed by atoms with Gasteiger partial charge in [-0.15, -0.1) is 11.3 Å². The first-order valence-electron chi connectivity index (χ1n) is 8.97. The van der Waals surface area contributed by atoms with Crippen molar-refractivity contribution in [3.05, 3.63) is 34.5 Å². The van der Waals surface area contributed by atoms with Gasteiger partial charge < -0.3 is 4.90 Å². The first-order chi connectivity index (χ1) is 12.2. The molecule has 0 spiro atoms. The molecule has 25 heavy (non-hydrogen) atoms. The Labute approximate surface area is 151 Å². The number of hydrogen-bond acceptors (Lipinski definition) is 6. The van der Waals surface area contributed by atoms with Crippen molar-refractivity contribution < 1.29 is 4.79 Å². The number of pyridine rings is 1. The van der Waals surface area contributed by atoms with E-state index in [0.29, 0.717) is 10.7 Å². The maximum Gasteiger partial charge on any atom is 0.261 e. The fourth-order valence-electron chi connectivity index (χ4n) is 3.49. The molecule has 0 saturated carbocycles. The van der Waals surface area contributed by atoms with Crippen molar-refractivity contribution in [1.82, 2.24) is 14.9 Å². The molecule has 2 aliphatic rings. The summed E-state index contributed by atoms with van der Waals surface area (Å²) in [6.07, 6.45) is 5.03. The van der Waals surface area contributed by atoms with E-state index in [1.165, 1.54) is 4.88 Å². The third-order valence-electron chi connectivity index (χ3n) is 4.91. The molecule has 0 aromatic carbocycles. The summed E-state index contributed by atoms with van der Waals surface area (Å²) in [4.78, 5) is 27.8. The molecule has 4 rings (SSSR count). The summed E-state index contributed by atoms with van der Waals surface area (Å²) in [7, 11) is 0. The highest BCUT2D eigenvalue weighted by molar-refractivity contribution is 7.15. The molecule has 0 bridgehead atoms. The molecule has 2 aromatic rings. The number of carbonyl (C=O) groups is 1. The number of amides is 1. The van der Waals surface area contributed by atoms with Crippen molar-refractivity contribution in [2.24, 2.45) is 0 Å². The zero-order chi connectivity index (χ0) is 17.2. The molecule has 2 aliphatic heterocycles. The van der Waals surface area contributed by atoms with Crippen molar-refractivity contribution in [3.63, 3.8) is 0 Å². The third kappa shape index (κ3) is 3.39. The molecular formula is C18H23N5OS. The maximum absolute atomic E-state index is 12.8. The van der Waals surface area contributed by atoms with Crippen molar-refractivity contribution in [1.29, 1.82) is 0 Å². The van der Waals surface area contributed by atoms with Gasteiger partial charge in [0.25, 0.3) is 5.91 Å². The molecule has 6 nitrogen and oxygen atoms in total. The molecule has 2 aromatic heterocycles. The monoisotopic (exact) mass is 357 g/mol. The van der Waals surface area contributed by atoms with Gasteiger partial charge in [0.1, 0.15) is 5.82 Å². The molecule has 1 fully saturated rings. The number of rotatable bonds is 4. The second-order valence-corrected chi connectivity index (χ2v) is 7.61. The Morgan fingerprint density at radius 3 is 2.96 bits per heavy atom. The minimum atomic E-state index is -0.117. The number of aromatic nitrogens is 2. The SMILES string of the molecule is CCN1CCc2nc(NC(=O)c3cccnc3N3CCCC3)sc2C1. The van der Waals surface area contributed by atoms with Gasteiger partial charge in [-0.05, 0) is 31.5 Å². The molecule has 1 amide bonds. The quantitative estimate of drug-likeness (QED) is 0.912. The Hall–Kier alpha value is -1.99. The highest BCUT2D eigenvalue weighted by atomic mass is 32.1. The van der Waals surface area contributed by atoms with Crippen LogP contribution in [0.5, 0.6) is 0 Å². The van der Waals surface area contributed by atoms with Crippen LogP contribution in [0.25, 0.3) is 0 Å². The minimum absolute atomic E-state index is 0.117. The highest BCUT2D eigenvalue weighted by Crippen LogP contribution is 2.29. The van der Waals surface area contributed by atoms with Gasteiger partial charge in [-0.3, -0.25) is 15.0 Å². The Balaban J connectivity index is 1.52. The van der Waals surface area contributed by atoms with Crippen molar-refractivity contribution >= 4 is 28.2 Å². The second-order valence-electron chi connectivity index (χ2n) is 6.53. The average Bonchev–Trinajstić information content (AvgIpc) is 3.30. The molecule has 1 saturated heterocycles. The number of anilines is 2. The molecule has 4 heterocycles. The Bertz CT molecular complexity index is 769. The van der Waals surface area contributed by atoms with E-state index in [-0.39, 0.29) is 5.91 Å². The van der Waals surface area contributed by atoms with Crippen LogP contribution in [-0.4, -0.2) is 47.0 Å². The minimum Gasteiger partial charge on any atom is -0.356 e. The Morgan fingerprint density at radius 1 is 1.32 bits per heavy atom. The van der Waals surface area contributed by atoms with Crippen LogP contribution < -0.4 is 10.2 Å². The number of nitrogens with zero attached hydrogens (tertiary/aromatic N) is 4. The van der Waals surface area contributed by atoms with Crippen LogP contribution in [0.3, 0.4) is 0 Å². The second kappa shape index (κ2) is 7.09. The number of carbonyl (C=O) groups excluding carboxylic acids is 1. The summed E-state index contributed by atoms with van der Waals surface area (Å²) in [5.74, 6) is 0.671. The molecular weight excluding hydrogens is 334 g/mol. The average molecular weight is 357 g/mol. The molecule has 0 unspecified atom stereocenters. The van der Waals surface area contributed by atoms with E-state index in [1.807, 2.05) is 12.1 Å². The van der Waals surface area contributed by atoms with E-state index in [1.54, 1.807) is 17.5 Å². The zero-order valence-corrected chi connectivity index (χ0v) is 15.3. The fraction of sp³-hybridized carbons (Fsp3) is 0.500. The molecule has 1 N–H and O–H groups in total. The van der Waals surface area contributed by atoms with Crippen LogP contribution in [0.1, 0.15) is 40.7 Å². The molecule has 7 heteroatoms. The fourth-order valence-corrected chi connectivity index (χ4v) is 4.54. The molecule has 0 aliphatic carbocycles. The zero-order valence-electron chi connectivity index (χ0n) is 14.5. The van der Waals surface area contributed by atoms with Crippen molar-refractivity contribution in [3.8, 4) is 0 Å². The molecule has 0 atom stereocenters. The number of likely N-dealkylation sites (N-methyl/N-ethyl adjacent to an activating group) is 1. The molecule has 132 valence electrons. The highest BCUT2D eigenvalue weighted by Gasteiger charge is 2.23. The smallest absolute Gasteiger partial charge is 0.261 e. The summed E-state index contributed by atoms with van der Waals surface area (Å²) >= 11 is 1.60. The number of nitrogens with one attached hydrogen (secondary N) is 1. The van der Waals surface area contributed by atoms with E-state index in [2.05, 4.69) is 32.0 Å². The summed E-state index contributed by atoms with van der Waals surface area (Å²) in [5.41, 5.74) is 1.77. The largest absolute Gasteiger partial charge is 0.356 e. The predicted molar refractivity (Wildman–Crippen MR) is 100 cm³/mol. The van der Waals surface area contributed by atoms with E-state index < -0.39 is 0 Å². The van der Waals surface area contributed by atoms with Crippen LogP contribution in [0.2, 0.25) is 0 Å². The standard InChI is InChI=1S/C18H23N5OS/c1-2-22-11-7-14-15(12-22)25-18(20-14)21-17(24)13-6-5-8-19-16(13)23-9-3-4-10-23/h5-6,8H,2-4,7,9-12H2,1H3,(H,20,21,24). The van der Waals surface area contributed by atoms with Crippen LogP contribution in [0, 0.1) is 0 Å². The summed E-state index contributed by atoms with van der Waals surface area (Å²) in [5, 5.41) is 3.69. The Morgan fingerprint density at radius 2 is 2.16 bits per heavy atom. The van der Waals surface area contributed by atoms with Gasteiger partial charge in [0.15, 0.2) is 5.13 Å². The number of thiazole rings is 1.